The lowest BCUT2D eigenvalue weighted by molar-refractivity contribution is -0.138. The van der Waals surface area contributed by atoms with Crippen LogP contribution >= 0.6 is 0 Å². The summed E-state index contributed by atoms with van der Waals surface area (Å²) in [5, 5.41) is 1.41. The van der Waals surface area contributed by atoms with Crippen molar-refractivity contribution in [3.8, 4) is 0 Å². The standard InChI is InChI=1S/C24H19F2NO3/c1-29-24(28)21-22(20-18(25)13-8-14-19(20)26)27(15-16-9-4-2-5-10-16)30-23(21)17-11-6-3-7-12-17/h2-14,22H,15H2,1H3/t22-/m1/s1. The number of halogens is 2. The van der Waals surface area contributed by atoms with E-state index < -0.39 is 23.6 Å². The summed E-state index contributed by atoms with van der Waals surface area (Å²) in [6.07, 6.45) is 0. The summed E-state index contributed by atoms with van der Waals surface area (Å²) < 4.78 is 34.5. The molecule has 0 unspecified atom stereocenters. The molecule has 0 spiro atoms. The summed E-state index contributed by atoms with van der Waals surface area (Å²) in [4.78, 5) is 18.8. The SMILES string of the molecule is COC(=O)C1=C(c2ccccc2)ON(Cc2ccccc2)[C@@H]1c1c(F)cccc1F. The first-order chi connectivity index (χ1) is 14.6. The highest BCUT2D eigenvalue weighted by Crippen LogP contribution is 2.44. The Morgan fingerprint density at radius 1 is 0.933 bits per heavy atom. The van der Waals surface area contributed by atoms with Crippen molar-refractivity contribution >= 4 is 11.7 Å². The normalized spacial score (nSPS) is 16.4. The minimum absolute atomic E-state index is 0.0450. The van der Waals surface area contributed by atoms with Crippen molar-refractivity contribution in [2.75, 3.05) is 7.11 Å². The van der Waals surface area contributed by atoms with E-state index >= 15 is 0 Å². The van der Waals surface area contributed by atoms with Gasteiger partial charge in [-0.1, -0.05) is 66.7 Å². The highest BCUT2D eigenvalue weighted by molar-refractivity contribution is 5.98. The number of methoxy groups -OCH3 is 1. The first-order valence-corrected chi connectivity index (χ1v) is 9.40. The summed E-state index contributed by atoms with van der Waals surface area (Å²) in [7, 11) is 1.23. The van der Waals surface area contributed by atoms with Crippen LogP contribution < -0.4 is 0 Å². The molecule has 0 bridgehead atoms. The van der Waals surface area contributed by atoms with Gasteiger partial charge in [0.2, 0.25) is 0 Å². The zero-order chi connectivity index (χ0) is 21.1. The molecule has 30 heavy (non-hydrogen) atoms. The fraction of sp³-hybridized carbons (Fsp3) is 0.125. The van der Waals surface area contributed by atoms with Crippen molar-refractivity contribution in [1.29, 1.82) is 0 Å². The third kappa shape index (κ3) is 3.69. The fourth-order valence-electron chi connectivity index (χ4n) is 3.55. The molecule has 6 heteroatoms. The largest absolute Gasteiger partial charge is 0.465 e. The molecular weight excluding hydrogens is 388 g/mol. The van der Waals surface area contributed by atoms with Gasteiger partial charge in [0.15, 0.2) is 5.76 Å². The molecule has 3 aromatic carbocycles. The minimum atomic E-state index is -1.12. The Morgan fingerprint density at radius 2 is 1.53 bits per heavy atom. The van der Waals surface area contributed by atoms with Crippen molar-refractivity contribution in [2.45, 2.75) is 12.6 Å². The van der Waals surface area contributed by atoms with Gasteiger partial charge < -0.3 is 9.57 Å². The zero-order valence-electron chi connectivity index (χ0n) is 16.2. The quantitative estimate of drug-likeness (QED) is 0.556. The maximum Gasteiger partial charge on any atom is 0.339 e. The number of nitrogens with zero attached hydrogens (tertiary/aromatic N) is 1. The lowest BCUT2D eigenvalue weighted by Gasteiger charge is -2.25. The highest BCUT2D eigenvalue weighted by atomic mass is 19.1. The van der Waals surface area contributed by atoms with Crippen molar-refractivity contribution in [2.24, 2.45) is 0 Å². The first-order valence-electron chi connectivity index (χ1n) is 9.40. The molecule has 1 aliphatic heterocycles. The summed E-state index contributed by atoms with van der Waals surface area (Å²) in [6.45, 7) is 0.204. The molecule has 1 heterocycles. The molecule has 0 radical (unpaired) electrons. The van der Waals surface area contributed by atoms with E-state index in [4.69, 9.17) is 9.57 Å². The smallest absolute Gasteiger partial charge is 0.339 e. The average molecular weight is 407 g/mol. The second kappa shape index (κ2) is 8.47. The van der Waals surface area contributed by atoms with E-state index in [2.05, 4.69) is 0 Å². The van der Waals surface area contributed by atoms with E-state index in [1.807, 2.05) is 36.4 Å². The third-order valence-electron chi connectivity index (χ3n) is 4.91. The number of esters is 1. The molecule has 0 fully saturated rings. The molecule has 4 rings (SSSR count). The molecular formula is C24H19F2NO3. The molecule has 0 aliphatic carbocycles. The van der Waals surface area contributed by atoms with Crippen LogP contribution in [0, 0.1) is 11.6 Å². The predicted octanol–water partition coefficient (Wildman–Crippen LogP) is 5.04. The summed E-state index contributed by atoms with van der Waals surface area (Å²) in [6, 6.07) is 20.8. The molecule has 0 saturated heterocycles. The van der Waals surface area contributed by atoms with Gasteiger partial charge in [0, 0.05) is 11.1 Å². The van der Waals surface area contributed by atoms with E-state index in [1.54, 1.807) is 24.3 Å². The molecule has 4 nitrogen and oxygen atoms in total. The summed E-state index contributed by atoms with van der Waals surface area (Å²) >= 11 is 0. The van der Waals surface area contributed by atoms with Crippen LogP contribution in [0.4, 0.5) is 8.78 Å². The Balaban J connectivity index is 1.89. The zero-order valence-corrected chi connectivity index (χ0v) is 16.2. The number of carbonyl (C=O) groups is 1. The van der Waals surface area contributed by atoms with Crippen LogP contribution in [-0.2, 0) is 20.9 Å². The molecule has 0 saturated carbocycles. The van der Waals surface area contributed by atoms with Gasteiger partial charge in [0.1, 0.15) is 23.2 Å². The van der Waals surface area contributed by atoms with Crippen LogP contribution in [0.1, 0.15) is 22.7 Å². The maximum absolute atomic E-state index is 14.8. The minimum Gasteiger partial charge on any atom is -0.465 e. The Bertz CT molecular complexity index is 1060. The predicted molar refractivity (Wildman–Crippen MR) is 108 cm³/mol. The van der Waals surface area contributed by atoms with Crippen LogP contribution in [0.3, 0.4) is 0 Å². The van der Waals surface area contributed by atoms with Crippen LogP contribution in [0.15, 0.2) is 84.4 Å². The number of hydroxylamine groups is 2. The van der Waals surface area contributed by atoms with Crippen molar-refractivity contribution in [3.63, 3.8) is 0 Å². The van der Waals surface area contributed by atoms with E-state index in [-0.39, 0.29) is 23.4 Å². The number of benzene rings is 3. The molecule has 1 aliphatic rings. The maximum atomic E-state index is 14.8. The van der Waals surface area contributed by atoms with Gasteiger partial charge in [-0.15, -0.1) is 5.06 Å². The van der Waals surface area contributed by atoms with E-state index in [1.165, 1.54) is 18.2 Å². The number of ether oxygens (including phenoxy) is 1. The highest BCUT2D eigenvalue weighted by Gasteiger charge is 2.43. The second-order valence-corrected chi connectivity index (χ2v) is 6.79. The topological polar surface area (TPSA) is 38.8 Å². The summed E-state index contributed by atoms with van der Waals surface area (Å²) in [5.74, 6) is -2.03. The van der Waals surface area contributed by atoms with Crippen molar-refractivity contribution in [3.05, 3.63) is 113 Å². The monoisotopic (exact) mass is 407 g/mol. The Kier molecular flexibility index (Phi) is 5.59. The van der Waals surface area contributed by atoms with Crippen molar-refractivity contribution in [1.82, 2.24) is 5.06 Å². The van der Waals surface area contributed by atoms with Gasteiger partial charge in [0.25, 0.3) is 0 Å². The number of hydrogen-bond acceptors (Lipinski definition) is 4. The van der Waals surface area contributed by atoms with E-state index in [0.29, 0.717) is 5.56 Å². The molecule has 1 atom stereocenters. The number of carbonyl (C=O) groups excluding carboxylic acids is 1. The van der Waals surface area contributed by atoms with Gasteiger partial charge >= 0.3 is 5.97 Å². The van der Waals surface area contributed by atoms with Gasteiger partial charge in [-0.05, 0) is 17.7 Å². The lowest BCUT2D eigenvalue weighted by atomic mass is 9.95. The number of hydrogen-bond donors (Lipinski definition) is 0. The average Bonchev–Trinajstić information content (AvgIpc) is 3.13. The second-order valence-electron chi connectivity index (χ2n) is 6.79. The Labute approximate surface area is 172 Å². The molecule has 3 aromatic rings. The Hall–Kier alpha value is -3.51. The lowest BCUT2D eigenvalue weighted by Crippen LogP contribution is -2.27. The molecule has 152 valence electrons. The van der Waals surface area contributed by atoms with Gasteiger partial charge in [0.05, 0.1) is 13.7 Å². The first kappa shape index (κ1) is 19.8. The van der Waals surface area contributed by atoms with Crippen LogP contribution in [0.5, 0.6) is 0 Å². The molecule has 0 aromatic heterocycles. The third-order valence-corrected chi connectivity index (χ3v) is 4.91. The van der Waals surface area contributed by atoms with Gasteiger partial charge in [-0.3, -0.25) is 0 Å². The van der Waals surface area contributed by atoms with Gasteiger partial charge in [-0.2, -0.15) is 0 Å². The fourth-order valence-corrected chi connectivity index (χ4v) is 3.55. The van der Waals surface area contributed by atoms with Gasteiger partial charge in [-0.25, -0.2) is 13.6 Å². The number of rotatable bonds is 5. The van der Waals surface area contributed by atoms with Crippen LogP contribution in [0.25, 0.3) is 5.76 Å². The van der Waals surface area contributed by atoms with Crippen molar-refractivity contribution < 1.29 is 23.1 Å². The van der Waals surface area contributed by atoms with Crippen LogP contribution in [-0.4, -0.2) is 18.1 Å². The van der Waals surface area contributed by atoms with Crippen LogP contribution in [0.2, 0.25) is 0 Å². The molecule has 0 amide bonds. The summed E-state index contributed by atoms with van der Waals surface area (Å²) in [5.41, 5.74) is 1.25. The van der Waals surface area contributed by atoms with E-state index in [9.17, 15) is 13.6 Å². The Morgan fingerprint density at radius 3 is 2.13 bits per heavy atom. The molecule has 0 N–H and O–H groups in total. The van der Waals surface area contributed by atoms with E-state index in [0.717, 1.165) is 17.7 Å².